The lowest BCUT2D eigenvalue weighted by atomic mass is 9.86. The first-order valence-electron chi connectivity index (χ1n) is 5.97. The van der Waals surface area contributed by atoms with Crippen LogP contribution in [0, 0.1) is 34.6 Å². The first-order valence-corrected chi connectivity index (χ1v) is 5.97. The molecule has 2 rings (SSSR count). The predicted molar refractivity (Wildman–Crippen MR) is 68.1 cm³/mol. The van der Waals surface area contributed by atoms with Gasteiger partial charge in [-0.1, -0.05) is 6.92 Å². The third-order valence-corrected chi connectivity index (χ3v) is 4.01. The van der Waals surface area contributed by atoms with Crippen LogP contribution < -0.4 is 4.74 Å². The van der Waals surface area contributed by atoms with Crippen molar-refractivity contribution >= 4 is 0 Å². The van der Waals surface area contributed by atoms with Gasteiger partial charge in [-0.3, -0.25) is 0 Å². The average molecular weight is 217 g/mol. The first-order chi connectivity index (χ1) is 7.33. The maximum Gasteiger partial charge on any atom is 0.122 e. The quantitative estimate of drug-likeness (QED) is 0.600. The Morgan fingerprint density at radius 1 is 1.00 bits per heavy atom. The minimum absolute atomic E-state index is 0.258. The summed E-state index contributed by atoms with van der Waals surface area (Å²) in [7, 11) is 0. The Balaban J connectivity index is 2.65. The molecule has 1 unspecified atom stereocenters. The van der Waals surface area contributed by atoms with Crippen LogP contribution >= 0.6 is 0 Å². The molecule has 1 aromatic rings. The molecule has 0 saturated carbocycles. The Kier molecular flexibility index (Phi) is 2.52. The van der Waals surface area contributed by atoms with Crippen LogP contribution in [0.25, 0.3) is 0 Å². The van der Waals surface area contributed by atoms with E-state index >= 15 is 0 Å². The highest BCUT2D eigenvalue weighted by molar-refractivity contribution is 5.55. The fourth-order valence-electron chi connectivity index (χ4n) is 2.48. The zero-order valence-corrected chi connectivity index (χ0v) is 11.0. The minimum atomic E-state index is -0.258. The van der Waals surface area contributed by atoms with Crippen LogP contribution in [-0.2, 0) is 6.42 Å². The summed E-state index contributed by atoms with van der Waals surface area (Å²) in [4.78, 5) is 0. The number of benzene rings is 1. The van der Waals surface area contributed by atoms with Crippen molar-refractivity contribution < 1.29 is 4.74 Å². The molecule has 1 aliphatic heterocycles. The highest BCUT2D eigenvalue weighted by Gasteiger charge is 2.25. The van der Waals surface area contributed by atoms with Gasteiger partial charge < -0.3 is 11.7 Å². The van der Waals surface area contributed by atoms with Crippen molar-refractivity contribution in [1.29, 1.82) is 0 Å². The van der Waals surface area contributed by atoms with Crippen LogP contribution in [0.1, 0.15) is 41.2 Å². The van der Waals surface area contributed by atoms with Crippen molar-refractivity contribution in [2.75, 3.05) is 0 Å². The maximum absolute atomic E-state index is 6.06. The monoisotopic (exact) mass is 217 g/mol. The molecule has 0 amide bonds. The molecular weight excluding hydrogens is 196 g/mol. The lowest BCUT2D eigenvalue weighted by Crippen LogP contribution is -2.34. The van der Waals surface area contributed by atoms with E-state index in [0.717, 1.165) is 18.6 Å². The average Bonchev–Trinajstić information content (AvgIpc) is 2.22. The van der Waals surface area contributed by atoms with Crippen LogP contribution in [-0.4, -0.2) is 5.60 Å². The van der Waals surface area contributed by atoms with Crippen molar-refractivity contribution in [1.82, 2.24) is 0 Å². The Hall–Kier alpha value is -0.980. The van der Waals surface area contributed by atoms with Gasteiger partial charge in [0.1, 0.15) is 5.75 Å². The smallest absolute Gasteiger partial charge is 0.122 e. The third-order valence-electron chi connectivity index (χ3n) is 4.01. The van der Waals surface area contributed by atoms with Crippen LogP contribution in [0.5, 0.6) is 5.75 Å². The zero-order valence-electron chi connectivity index (χ0n) is 11.0. The van der Waals surface area contributed by atoms with Gasteiger partial charge in [0.05, 0.1) is 0 Å². The molecule has 0 aromatic heterocycles. The van der Waals surface area contributed by atoms with Gasteiger partial charge in [0.2, 0.25) is 0 Å². The van der Waals surface area contributed by atoms with Crippen molar-refractivity contribution in [2.24, 2.45) is 0 Å². The van der Waals surface area contributed by atoms with E-state index in [1.807, 2.05) is 0 Å². The van der Waals surface area contributed by atoms with Crippen molar-refractivity contribution in [3.63, 3.8) is 0 Å². The number of hydrogen-bond donors (Lipinski definition) is 0. The Morgan fingerprint density at radius 2 is 1.56 bits per heavy atom. The van der Waals surface area contributed by atoms with E-state index in [4.69, 9.17) is 4.74 Å². The minimum Gasteiger partial charge on any atom is -0.519 e. The van der Waals surface area contributed by atoms with Crippen LogP contribution in [0.3, 0.4) is 0 Å². The van der Waals surface area contributed by atoms with Gasteiger partial charge in [-0.05, 0) is 74.0 Å². The summed E-state index contributed by atoms with van der Waals surface area (Å²) in [6, 6.07) is 0. The van der Waals surface area contributed by atoms with E-state index in [1.165, 1.54) is 27.8 Å². The lowest BCUT2D eigenvalue weighted by Gasteiger charge is -2.40. The van der Waals surface area contributed by atoms with Gasteiger partial charge in [-0.15, -0.1) is 0 Å². The highest BCUT2D eigenvalue weighted by Crippen LogP contribution is 2.40. The van der Waals surface area contributed by atoms with Crippen LogP contribution in [0.2, 0.25) is 0 Å². The molecule has 0 saturated heterocycles. The summed E-state index contributed by atoms with van der Waals surface area (Å²) >= 11 is 0. The van der Waals surface area contributed by atoms with Crippen LogP contribution in [0.4, 0.5) is 0 Å². The SMILES string of the molecule is [CH2-]C1(C)CCc2c(C)c(C)c(C)c(C)c2O1. The van der Waals surface area contributed by atoms with Gasteiger partial charge in [0.25, 0.3) is 0 Å². The molecule has 0 radical (unpaired) electrons. The summed E-state index contributed by atoms with van der Waals surface area (Å²) in [5, 5.41) is 0. The molecule has 1 atom stereocenters. The second-order valence-corrected chi connectivity index (χ2v) is 5.36. The van der Waals surface area contributed by atoms with E-state index in [1.54, 1.807) is 0 Å². The molecule has 16 heavy (non-hydrogen) atoms. The van der Waals surface area contributed by atoms with Gasteiger partial charge in [-0.25, -0.2) is 0 Å². The summed E-state index contributed by atoms with van der Waals surface area (Å²) in [5.41, 5.74) is 6.58. The number of hydrogen-bond acceptors (Lipinski definition) is 1. The topological polar surface area (TPSA) is 9.23 Å². The fraction of sp³-hybridized carbons (Fsp3) is 0.533. The van der Waals surface area contributed by atoms with Crippen molar-refractivity contribution in [2.45, 2.75) is 53.1 Å². The van der Waals surface area contributed by atoms with E-state index in [2.05, 4.69) is 41.5 Å². The van der Waals surface area contributed by atoms with Gasteiger partial charge in [0, 0.05) is 0 Å². The second kappa shape index (κ2) is 3.51. The number of ether oxygens (including phenoxy) is 1. The number of fused-ring (bicyclic) bond motifs is 1. The fourth-order valence-corrected chi connectivity index (χ4v) is 2.48. The predicted octanol–water partition coefficient (Wildman–Crippen LogP) is 3.84. The molecule has 1 nitrogen and oxygen atoms in total. The second-order valence-electron chi connectivity index (χ2n) is 5.36. The first kappa shape index (κ1) is 11.5. The summed E-state index contributed by atoms with van der Waals surface area (Å²) in [6.45, 7) is 14.9. The van der Waals surface area contributed by atoms with E-state index in [0.29, 0.717) is 0 Å². The summed E-state index contributed by atoms with van der Waals surface area (Å²) in [5.74, 6) is 1.09. The highest BCUT2D eigenvalue weighted by atomic mass is 16.5. The molecule has 0 fully saturated rings. The Bertz CT molecular complexity index is 441. The molecule has 0 N–H and O–H groups in total. The van der Waals surface area contributed by atoms with Gasteiger partial charge in [0.15, 0.2) is 0 Å². The van der Waals surface area contributed by atoms with E-state index in [-0.39, 0.29) is 5.60 Å². The Morgan fingerprint density at radius 3 is 2.19 bits per heavy atom. The molecule has 0 aliphatic carbocycles. The Labute approximate surface area is 98.8 Å². The zero-order chi connectivity index (χ0) is 12.1. The maximum atomic E-state index is 6.06. The largest absolute Gasteiger partial charge is 0.519 e. The number of rotatable bonds is 0. The summed E-state index contributed by atoms with van der Waals surface area (Å²) in [6.07, 6.45) is 2.09. The third kappa shape index (κ3) is 1.63. The van der Waals surface area contributed by atoms with Gasteiger partial charge in [-0.2, -0.15) is 0 Å². The van der Waals surface area contributed by atoms with E-state index in [9.17, 15) is 0 Å². The van der Waals surface area contributed by atoms with Gasteiger partial charge >= 0.3 is 0 Å². The standard InChI is InChI=1S/C15H21O/c1-9-10(2)12(4)14-13(11(9)3)7-8-15(5,6)16-14/h5,7-8H2,1-4,6H3/q-1. The molecule has 1 heterocycles. The van der Waals surface area contributed by atoms with Crippen molar-refractivity contribution in [3.05, 3.63) is 34.7 Å². The van der Waals surface area contributed by atoms with E-state index < -0.39 is 0 Å². The molecule has 1 aliphatic rings. The lowest BCUT2D eigenvalue weighted by molar-refractivity contribution is 0.110. The van der Waals surface area contributed by atoms with Crippen LogP contribution in [0.15, 0.2) is 0 Å². The molecule has 0 spiro atoms. The molecule has 0 bridgehead atoms. The molecule has 1 aromatic carbocycles. The van der Waals surface area contributed by atoms with Crippen molar-refractivity contribution in [3.8, 4) is 5.75 Å². The molecule has 1 heteroatoms. The normalized spacial score (nSPS) is 23.9. The molecular formula is C15H21O-. The molecule has 88 valence electrons. The summed E-state index contributed by atoms with van der Waals surface area (Å²) < 4.78 is 6.06.